The van der Waals surface area contributed by atoms with E-state index in [0.29, 0.717) is 13.2 Å². The lowest BCUT2D eigenvalue weighted by Crippen LogP contribution is -2.06. The number of nitrogens with zero attached hydrogens (tertiary/aromatic N) is 2. The fraction of sp³-hybridized carbons (Fsp3) is 0.400. The molecule has 2 N–H and O–H groups in total. The molecular weight excluding hydrogens is 238 g/mol. The van der Waals surface area contributed by atoms with E-state index in [-0.39, 0.29) is 0 Å². The Hall–Kier alpha value is -1.81. The first-order chi connectivity index (χ1) is 9.15. The molecular formula is C15H21N3O. The lowest BCUT2D eigenvalue weighted by Gasteiger charge is -2.14. The van der Waals surface area contributed by atoms with Crippen LogP contribution in [0, 0.1) is 13.8 Å². The summed E-state index contributed by atoms with van der Waals surface area (Å²) in [4.78, 5) is 4.14. The maximum absolute atomic E-state index is 5.95. The molecule has 0 saturated heterocycles. The fourth-order valence-corrected chi connectivity index (χ4v) is 2.28. The van der Waals surface area contributed by atoms with Crippen LogP contribution in [0.25, 0.3) is 0 Å². The van der Waals surface area contributed by atoms with E-state index in [9.17, 15) is 0 Å². The highest BCUT2D eigenvalue weighted by Gasteiger charge is 2.08. The summed E-state index contributed by atoms with van der Waals surface area (Å²) in [5, 5.41) is 0. The van der Waals surface area contributed by atoms with Gasteiger partial charge in [-0.25, -0.2) is 4.98 Å². The topological polar surface area (TPSA) is 53.1 Å². The number of hydrogen-bond donors (Lipinski definition) is 1. The van der Waals surface area contributed by atoms with E-state index in [1.807, 2.05) is 12.5 Å². The summed E-state index contributed by atoms with van der Waals surface area (Å²) in [6.45, 7) is 8.21. The van der Waals surface area contributed by atoms with Crippen LogP contribution in [0.15, 0.2) is 24.7 Å². The van der Waals surface area contributed by atoms with E-state index in [2.05, 4.69) is 42.5 Å². The summed E-state index contributed by atoms with van der Waals surface area (Å²) in [6.07, 6.45) is 3.68. The predicted octanol–water partition coefficient (Wildman–Crippen LogP) is 2.56. The van der Waals surface area contributed by atoms with Crippen LogP contribution in [0.2, 0.25) is 0 Å². The maximum Gasteiger partial charge on any atom is 0.130 e. The Morgan fingerprint density at radius 3 is 2.53 bits per heavy atom. The van der Waals surface area contributed by atoms with Crippen molar-refractivity contribution in [1.29, 1.82) is 0 Å². The number of ether oxygens (including phenoxy) is 1. The number of hydrogen-bond acceptors (Lipinski definition) is 3. The zero-order chi connectivity index (χ0) is 13.8. The minimum absolute atomic E-state index is 0.539. The summed E-state index contributed by atoms with van der Waals surface area (Å²) in [6, 6.07) is 4.17. The van der Waals surface area contributed by atoms with E-state index in [0.717, 1.165) is 34.7 Å². The molecule has 0 spiro atoms. The van der Waals surface area contributed by atoms with Crippen LogP contribution in [0.4, 0.5) is 0 Å². The Kier molecular flexibility index (Phi) is 4.22. The van der Waals surface area contributed by atoms with Crippen molar-refractivity contribution in [2.75, 3.05) is 0 Å². The Balaban J connectivity index is 2.16. The molecule has 0 aliphatic rings. The normalized spacial score (nSPS) is 10.7. The summed E-state index contributed by atoms with van der Waals surface area (Å²) in [5.41, 5.74) is 10.2. The molecule has 0 bridgehead atoms. The molecule has 2 rings (SSSR count). The number of nitrogens with two attached hydrogens (primary N) is 1. The van der Waals surface area contributed by atoms with E-state index in [1.54, 1.807) is 0 Å². The number of aromatic nitrogens is 2. The van der Waals surface area contributed by atoms with Crippen molar-refractivity contribution in [1.82, 2.24) is 9.55 Å². The highest BCUT2D eigenvalue weighted by Crippen LogP contribution is 2.25. The minimum Gasteiger partial charge on any atom is -0.487 e. The lowest BCUT2D eigenvalue weighted by molar-refractivity contribution is 0.291. The largest absolute Gasteiger partial charge is 0.487 e. The van der Waals surface area contributed by atoms with E-state index in [1.165, 1.54) is 0 Å². The van der Waals surface area contributed by atoms with Crippen molar-refractivity contribution < 1.29 is 4.74 Å². The molecule has 2 aromatic rings. The van der Waals surface area contributed by atoms with Crippen molar-refractivity contribution >= 4 is 0 Å². The van der Waals surface area contributed by atoms with E-state index < -0.39 is 0 Å². The predicted molar refractivity (Wildman–Crippen MR) is 76.0 cm³/mol. The third-order valence-corrected chi connectivity index (χ3v) is 3.26. The van der Waals surface area contributed by atoms with Gasteiger partial charge in [-0.15, -0.1) is 0 Å². The maximum atomic E-state index is 5.95. The van der Waals surface area contributed by atoms with Gasteiger partial charge < -0.3 is 15.0 Å². The number of imidazole rings is 1. The van der Waals surface area contributed by atoms with Gasteiger partial charge in [-0.3, -0.25) is 0 Å². The summed E-state index contributed by atoms with van der Waals surface area (Å²) in [7, 11) is 0. The van der Waals surface area contributed by atoms with Gasteiger partial charge in [0, 0.05) is 13.1 Å². The van der Waals surface area contributed by atoms with Gasteiger partial charge in [0.25, 0.3) is 0 Å². The SMILES string of the molecule is CCn1cncc1COc1c(C)cc(CN)cc1C. The highest BCUT2D eigenvalue weighted by atomic mass is 16.5. The first-order valence-corrected chi connectivity index (χ1v) is 6.57. The van der Waals surface area contributed by atoms with Gasteiger partial charge in [-0.1, -0.05) is 12.1 Å². The zero-order valence-electron chi connectivity index (χ0n) is 11.8. The second kappa shape index (κ2) is 5.89. The molecule has 0 amide bonds. The molecule has 1 aromatic carbocycles. The molecule has 0 unspecified atom stereocenters. The second-order valence-electron chi connectivity index (χ2n) is 4.72. The minimum atomic E-state index is 0.539. The van der Waals surface area contributed by atoms with Crippen LogP contribution in [0.3, 0.4) is 0 Å². The van der Waals surface area contributed by atoms with Gasteiger partial charge >= 0.3 is 0 Å². The summed E-state index contributed by atoms with van der Waals surface area (Å²) in [5.74, 6) is 0.945. The van der Waals surface area contributed by atoms with Crippen molar-refractivity contribution in [2.45, 2.75) is 40.5 Å². The summed E-state index contributed by atoms with van der Waals surface area (Å²) < 4.78 is 8.03. The molecule has 0 saturated carbocycles. The highest BCUT2D eigenvalue weighted by molar-refractivity contribution is 5.43. The monoisotopic (exact) mass is 259 g/mol. The Morgan fingerprint density at radius 2 is 1.95 bits per heavy atom. The van der Waals surface area contributed by atoms with Crippen LogP contribution >= 0.6 is 0 Å². The molecule has 1 heterocycles. The second-order valence-corrected chi connectivity index (χ2v) is 4.72. The van der Waals surface area contributed by atoms with Crippen LogP contribution in [0.1, 0.15) is 29.3 Å². The molecule has 4 nitrogen and oxygen atoms in total. The Bertz CT molecular complexity index is 537. The molecule has 102 valence electrons. The Morgan fingerprint density at radius 1 is 1.26 bits per heavy atom. The quantitative estimate of drug-likeness (QED) is 0.897. The van der Waals surface area contributed by atoms with Crippen LogP contribution in [-0.2, 0) is 19.7 Å². The number of benzene rings is 1. The molecule has 4 heteroatoms. The van der Waals surface area contributed by atoms with Gasteiger partial charge in [0.2, 0.25) is 0 Å². The smallest absolute Gasteiger partial charge is 0.130 e. The average molecular weight is 259 g/mol. The Labute approximate surface area is 114 Å². The number of rotatable bonds is 5. The van der Waals surface area contributed by atoms with Crippen molar-refractivity contribution in [2.24, 2.45) is 5.73 Å². The number of aryl methyl sites for hydroxylation is 3. The standard InChI is InChI=1S/C15H21N3O/c1-4-18-10-17-8-14(18)9-19-15-11(2)5-13(7-16)6-12(15)3/h5-6,8,10H,4,7,9,16H2,1-3H3. The average Bonchev–Trinajstić information content (AvgIpc) is 2.85. The first kappa shape index (κ1) is 13.6. The lowest BCUT2D eigenvalue weighted by atomic mass is 10.1. The summed E-state index contributed by atoms with van der Waals surface area (Å²) >= 11 is 0. The molecule has 0 aliphatic carbocycles. The molecule has 0 fully saturated rings. The van der Waals surface area contributed by atoms with Crippen LogP contribution < -0.4 is 10.5 Å². The third kappa shape index (κ3) is 2.96. The molecule has 1 aromatic heterocycles. The first-order valence-electron chi connectivity index (χ1n) is 6.57. The van der Waals surface area contributed by atoms with E-state index >= 15 is 0 Å². The van der Waals surface area contributed by atoms with Gasteiger partial charge in [0.1, 0.15) is 12.4 Å². The third-order valence-electron chi connectivity index (χ3n) is 3.26. The van der Waals surface area contributed by atoms with Crippen molar-refractivity contribution in [3.8, 4) is 5.75 Å². The van der Waals surface area contributed by atoms with Gasteiger partial charge in [-0.2, -0.15) is 0 Å². The van der Waals surface area contributed by atoms with Crippen molar-refractivity contribution in [3.05, 3.63) is 47.0 Å². The van der Waals surface area contributed by atoms with Gasteiger partial charge in [0.05, 0.1) is 18.2 Å². The zero-order valence-corrected chi connectivity index (χ0v) is 11.8. The molecule has 0 atom stereocenters. The molecule has 19 heavy (non-hydrogen) atoms. The fourth-order valence-electron chi connectivity index (χ4n) is 2.28. The molecule has 0 radical (unpaired) electrons. The van der Waals surface area contributed by atoms with E-state index in [4.69, 9.17) is 10.5 Å². The molecule has 0 aliphatic heterocycles. The van der Waals surface area contributed by atoms with Crippen molar-refractivity contribution in [3.63, 3.8) is 0 Å². The van der Waals surface area contributed by atoms with Gasteiger partial charge in [-0.05, 0) is 37.5 Å². The van der Waals surface area contributed by atoms with Crippen LogP contribution in [-0.4, -0.2) is 9.55 Å². The van der Waals surface area contributed by atoms with Crippen LogP contribution in [0.5, 0.6) is 5.75 Å². The van der Waals surface area contributed by atoms with Gasteiger partial charge in [0.15, 0.2) is 0 Å².